The van der Waals surface area contributed by atoms with Gasteiger partial charge in [0.25, 0.3) is 5.91 Å². The van der Waals surface area contributed by atoms with Crippen molar-refractivity contribution in [3.05, 3.63) is 29.5 Å². The number of hydrogen-bond acceptors (Lipinski definition) is 5. The zero-order valence-corrected chi connectivity index (χ0v) is 16.1. The lowest BCUT2D eigenvalue weighted by Gasteiger charge is -2.38. The Kier molecular flexibility index (Phi) is 5.18. The number of β-amino-alcohol motifs (C(OH)–C–C–N with tert-alkyl or cyclic N) is 1. The van der Waals surface area contributed by atoms with E-state index in [0.717, 1.165) is 5.56 Å². The van der Waals surface area contributed by atoms with E-state index in [1.54, 1.807) is 26.0 Å². The standard InChI is InChI=1S/C20H28FN3O3/c1-13-10-15(17-14(16(13)22)4-9-27-17)18(25)23-11-20(21)5-7-24(8-6-20)12-19(2,3)26/h4,9-10,26H,5-8,11-12,22H2,1-3H3,(H,23,25). The van der Waals surface area contributed by atoms with Gasteiger partial charge in [-0.1, -0.05) is 0 Å². The number of nitrogens with one attached hydrogen (secondary N) is 1. The molecule has 1 aliphatic rings. The molecule has 6 nitrogen and oxygen atoms in total. The second-order valence-electron chi connectivity index (χ2n) is 8.24. The van der Waals surface area contributed by atoms with Crippen LogP contribution in [0.3, 0.4) is 0 Å². The van der Waals surface area contributed by atoms with Gasteiger partial charge in [0, 0.05) is 30.7 Å². The number of anilines is 1. The zero-order valence-electron chi connectivity index (χ0n) is 16.1. The number of hydrogen-bond donors (Lipinski definition) is 3. The highest BCUT2D eigenvalue weighted by Crippen LogP contribution is 2.30. The number of carbonyl (C=O) groups excluding carboxylic acids is 1. The fourth-order valence-corrected chi connectivity index (χ4v) is 3.64. The van der Waals surface area contributed by atoms with Crippen molar-refractivity contribution in [1.29, 1.82) is 0 Å². The monoisotopic (exact) mass is 377 g/mol. The van der Waals surface area contributed by atoms with Gasteiger partial charge >= 0.3 is 0 Å². The first-order valence-corrected chi connectivity index (χ1v) is 9.26. The average molecular weight is 377 g/mol. The van der Waals surface area contributed by atoms with Crippen LogP contribution >= 0.6 is 0 Å². The summed E-state index contributed by atoms with van der Waals surface area (Å²) in [7, 11) is 0. The fraction of sp³-hybridized carbons (Fsp3) is 0.550. The third-order valence-corrected chi connectivity index (χ3v) is 5.16. The van der Waals surface area contributed by atoms with E-state index in [9.17, 15) is 9.90 Å². The van der Waals surface area contributed by atoms with Gasteiger partial charge in [0.2, 0.25) is 0 Å². The zero-order chi connectivity index (χ0) is 19.8. The predicted octanol–water partition coefficient (Wildman–Crippen LogP) is 2.63. The number of nitrogens with zero attached hydrogens (tertiary/aromatic N) is 1. The smallest absolute Gasteiger partial charge is 0.255 e. The minimum absolute atomic E-state index is 0.0478. The summed E-state index contributed by atoms with van der Waals surface area (Å²) in [6.07, 6.45) is 2.13. The van der Waals surface area contributed by atoms with Crippen LogP contribution in [0.1, 0.15) is 42.6 Å². The Balaban J connectivity index is 1.63. The molecule has 1 fully saturated rings. The third-order valence-electron chi connectivity index (χ3n) is 5.16. The molecule has 0 bridgehead atoms. The van der Waals surface area contributed by atoms with E-state index in [4.69, 9.17) is 10.2 Å². The molecule has 0 spiro atoms. The normalized spacial score (nSPS) is 18.0. The maximum atomic E-state index is 15.1. The molecule has 0 saturated carbocycles. The summed E-state index contributed by atoms with van der Waals surface area (Å²) in [5, 5.41) is 13.3. The van der Waals surface area contributed by atoms with Gasteiger partial charge in [0.05, 0.1) is 24.0 Å². The van der Waals surface area contributed by atoms with E-state index in [-0.39, 0.29) is 12.5 Å². The molecule has 148 valence electrons. The molecule has 0 radical (unpaired) electrons. The predicted molar refractivity (Wildman–Crippen MR) is 104 cm³/mol. The van der Waals surface area contributed by atoms with Crippen LogP contribution in [0.15, 0.2) is 22.8 Å². The van der Waals surface area contributed by atoms with Gasteiger partial charge in [-0.2, -0.15) is 0 Å². The molecule has 7 heteroatoms. The number of rotatable bonds is 5. The van der Waals surface area contributed by atoms with Crippen molar-refractivity contribution >= 4 is 22.6 Å². The molecule has 1 saturated heterocycles. The second-order valence-corrected chi connectivity index (χ2v) is 8.24. The molecule has 0 aliphatic carbocycles. The van der Waals surface area contributed by atoms with Crippen molar-refractivity contribution in [1.82, 2.24) is 10.2 Å². The summed E-state index contributed by atoms with van der Waals surface area (Å²) in [6.45, 7) is 6.89. The summed E-state index contributed by atoms with van der Waals surface area (Å²) < 4.78 is 20.5. The summed E-state index contributed by atoms with van der Waals surface area (Å²) in [6, 6.07) is 3.40. The van der Waals surface area contributed by atoms with E-state index in [1.165, 1.54) is 6.26 Å². The van der Waals surface area contributed by atoms with Crippen LogP contribution in [0, 0.1) is 6.92 Å². The number of fused-ring (bicyclic) bond motifs is 1. The molecular weight excluding hydrogens is 349 g/mol. The molecule has 0 atom stereocenters. The molecule has 27 heavy (non-hydrogen) atoms. The lowest BCUT2D eigenvalue weighted by atomic mass is 9.92. The van der Waals surface area contributed by atoms with E-state index < -0.39 is 11.3 Å². The van der Waals surface area contributed by atoms with Gasteiger partial charge in [0.15, 0.2) is 0 Å². The number of furan rings is 1. The molecule has 2 aromatic rings. The molecule has 0 unspecified atom stereocenters. The van der Waals surface area contributed by atoms with Crippen LogP contribution in [0.2, 0.25) is 0 Å². The number of benzene rings is 1. The van der Waals surface area contributed by atoms with E-state index in [1.807, 2.05) is 6.92 Å². The Morgan fingerprint density at radius 3 is 2.74 bits per heavy atom. The van der Waals surface area contributed by atoms with Gasteiger partial charge < -0.3 is 25.5 Å². The second kappa shape index (κ2) is 7.13. The Hall–Kier alpha value is -2.12. The van der Waals surface area contributed by atoms with E-state index in [2.05, 4.69) is 10.2 Å². The van der Waals surface area contributed by atoms with Gasteiger partial charge in [-0.25, -0.2) is 4.39 Å². The van der Waals surface area contributed by atoms with Gasteiger partial charge in [-0.15, -0.1) is 0 Å². The van der Waals surface area contributed by atoms with Crippen LogP contribution in [0.5, 0.6) is 0 Å². The van der Waals surface area contributed by atoms with Crippen molar-refractivity contribution in [3.8, 4) is 0 Å². The number of nitrogens with two attached hydrogens (primary N) is 1. The van der Waals surface area contributed by atoms with Crippen molar-refractivity contribution in [3.63, 3.8) is 0 Å². The number of nitrogen functional groups attached to an aromatic ring is 1. The lowest BCUT2D eigenvalue weighted by molar-refractivity contribution is -0.000322. The van der Waals surface area contributed by atoms with E-state index >= 15 is 4.39 Å². The number of likely N-dealkylation sites (tertiary alicyclic amines) is 1. The Labute approximate surface area is 158 Å². The van der Waals surface area contributed by atoms with Gasteiger partial charge in [-0.05, 0) is 51.3 Å². The number of piperidine rings is 1. The van der Waals surface area contributed by atoms with Crippen molar-refractivity contribution in [2.24, 2.45) is 0 Å². The fourth-order valence-electron chi connectivity index (χ4n) is 3.64. The molecule has 1 aliphatic heterocycles. The van der Waals surface area contributed by atoms with Gasteiger partial charge in [0.1, 0.15) is 11.3 Å². The Bertz CT molecular complexity index is 833. The average Bonchev–Trinajstić information content (AvgIpc) is 3.07. The minimum atomic E-state index is -1.45. The number of amides is 1. The van der Waals surface area contributed by atoms with Crippen molar-refractivity contribution in [2.45, 2.75) is 44.9 Å². The lowest BCUT2D eigenvalue weighted by Crippen LogP contribution is -2.50. The summed E-state index contributed by atoms with van der Waals surface area (Å²) in [5.41, 5.74) is 5.93. The molecule has 4 N–H and O–H groups in total. The van der Waals surface area contributed by atoms with E-state index in [0.29, 0.717) is 54.7 Å². The maximum Gasteiger partial charge on any atom is 0.255 e. The summed E-state index contributed by atoms with van der Waals surface area (Å²) in [5.74, 6) is -0.367. The first-order chi connectivity index (χ1) is 12.6. The van der Waals surface area contributed by atoms with Gasteiger partial charge in [-0.3, -0.25) is 4.79 Å². The number of aliphatic hydroxyl groups is 1. The molecule has 1 aromatic heterocycles. The van der Waals surface area contributed by atoms with Crippen molar-refractivity contribution in [2.75, 3.05) is 31.9 Å². The molecule has 1 aromatic carbocycles. The molecule has 2 heterocycles. The highest BCUT2D eigenvalue weighted by Gasteiger charge is 2.36. The highest BCUT2D eigenvalue weighted by molar-refractivity contribution is 6.08. The Morgan fingerprint density at radius 2 is 2.11 bits per heavy atom. The van der Waals surface area contributed by atoms with Crippen LogP contribution in [0.4, 0.5) is 10.1 Å². The highest BCUT2D eigenvalue weighted by atomic mass is 19.1. The largest absolute Gasteiger partial charge is 0.463 e. The topological polar surface area (TPSA) is 91.7 Å². The Morgan fingerprint density at radius 1 is 1.44 bits per heavy atom. The maximum absolute atomic E-state index is 15.1. The quantitative estimate of drug-likeness (QED) is 0.697. The summed E-state index contributed by atoms with van der Waals surface area (Å²) in [4.78, 5) is 14.7. The number of carbonyl (C=O) groups is 1. The van der Waals surface area contributed by atoms with Crippen LogP contribution < -0.4 is 11.1 Å². The first-order valence-electron chi connectivity index (χ1n) is 9.26. The number of halogens is 1. The minimum Gasteiger partial charge on any atom is -0.463 e. The van der Waals surface area contributed by atoms with Crippen molar-refractivity contribution < 1.29 is 18.7 Å². The number of alkyl halides is 1. The van der Waals surface area contributed by atoms with Crippen LogP contribution in [0.25, 0.3) is 11.0 Å². The SMILES string of the molecule is Cc1cc(C(=O)NCC2(F)CCN(CC(C)(C)O)CC2)c2occc2c1N. The third kappa shape index (κ3) is 4.42. The number of aryl methyl sites for hydroxylation is 1. The molecular formula is C20H28FN3O3. The molecule has 3 rings (SSSR count). The van der Waals surface area contributed by atoms with Crippen LogP contribution in [-0.2, 0) is 0 Å². The van der Waals surface area contributed by atoms with Crippen LogP contribution in [-0.4, -0.2) is 53.4 Å². The first kappa shape index (κ1) is 19.6. The summed E-state index contributed by atoms with van der Waals surface area (Å²) >= 11 is 0. The molecule has 1 amide bonds.